The van der Waals surface area contributed by atoms with Gasteiger partial charge in [-0.15, -0.1) is 0 Å². The summed E-state index contributed by atoms with van der Waals surface area (Å²) in [6.07, 6.45) is 9.10. The van der Waals surface area contributed by atoms with Gasteiger partial charge < -0.3 is 10.2 Å². The number of amides is 1. The Hall–Kier alpha value is -2.18. The van der Waals surface area contributed by atoms with Crippen LogP contribution in [0.5, 0.6) is 0 Å². The molecule has 2 aliphatic rings. The number of piperidine rings is 1. The van der Waals surface area contributed by atoms with E-state index < -0.39 is 0 Å². The summed E-state index contributed by atoms with van der Waals surface area (Å²) in [6, 6.07) is 2.49. The number of aryl methyl sites for hydroxylation is 1. The summed E-state index contributed by atoms with van der Waals surface area (Å²) in [4.78, 5) is 23.2. The average Bonchev–Trinajstić information content (AvgIpc) is 3.26. The molecule has 2 aromatic heterocycles. The van der Waals surface area contributed by atoms with Gasteiger partial charge in [-0.25, -0.2) is 4.98 Å². The first-order valence-electron chi connectivity index (χ1n) is 9.41. The second-order valence-corrected chi connectivity index (χ2v) is 7.41. The number of hydrogen-bond donors (Lipinski definition) is 1. The number of fused-ring (bicyclic) bond motifs is 1. The summed E-state index contributed by atoms with van der Waals surface area (Å²) >= 11 is 0. The summed E-state index contributed by atoms with van der Waals surface area (Å²) in [6.45, 7) is 3.87. The van der Waals surface area contributed by atoms with Gasteiger partial charge in [-0.2, -0.15) is 14.6 Å². The van der Waals surface area contributed by atoms with E-state index in [1.54, 1.807) is 10.8 Å². The molecule has 7 heteroatoms. The summed E-state index contributed by atoms with van der Waals surface area (Å²) < 4.78 is 1.81. The number of carbonyl (C=O) groups excluding carboxylic acids is 1. The molecule has 2 fully saturated rings. The third kappa shape index (κ3) is 3.60. The van der Waals surface area contributed by atoms with E-state index in [2.05, 4.69) is 31.3 Å². The van der Waals surface area contributed by atoms with Crippen LogP contribution in [0.1, 0.15) is 50.6 Å². The Kier molecular flexibility index (Phi) is 4.55. The number of rotatable bonds is 4. The van der Waals surface area contributed by atoms with Crippen LogP contribution < -0.4 is 10.2 Å². The molecule has 7 nitrogen and oxygen atoms in total. The van der Waals surface area contributed by atoms with Crippen molar-refractivity contribution in [3.8, 4) is 0 Å². The molecule has 1 N–H and O–H groups in total. The number of anilines is 1. The maximum absolute atomic E-state index is 12.2. The lowest BCUT2D eigenvalue weighted by molar-refractivity contribution is -0.122. The first-order chi connectivity index (χ1) is 12.2. The van der Waals surface area contributed by atoms with E-state index in [4.69, 9.17) is 0 Å². The highest BCUT2D eigenvalue weighted by molar-refractivity contribution is 5.76. The number of hydrogen-bond acceptors (Lipinski definition) is 5. The highest BCUT2D eigenvalue weighted by atomic mass is 16.1. The van der Waals surface area contributed by atoms with Gasteiger partial charge in [-0.3, -0.25) is 4.79 Å². The van der Waals surface area contributed by atoms with Crippen molar-refractivity contribution in [3.05, 3.63) is 18.1 Å². The molecule has 1 saturated carbocycles. The van der Waals surface area contributed by atoms with E-state index >= 15 is 0 Å². The van der Waals surface area contributed by atoms with Crippen molar-refractivity contribution in [2.24, 2.45) is 5.92 Å². The van der Waals surface area contributed by atoms with Crippen molar-refractivity contribution in [2.75, 3.05) is 18.0 Å². The van der Waals surface area contributed by atoms with Gasteiger partial charge in [0.05, 0.1) is 0 Å². The third-order valence-electron chi connectivity index (χ3n) is 5.49. The lowest BCUT2D eigenvalue weighted by atomic mass is 9.93. The zero-order valence-electron chi connectivity index (χ0n) is 14.8. The van der Waals surface area contributed by atoms with Crippen molar-refractivity contribution in [1.82, 2.24) is 24.9 Å². The second kappa shape index (κ2) is 6.98. The van der Waals surface area contributed by atoms with Crippen molar-refractivity contribution in [2.45, 2.75) is 57.9 Å². The highest BCUT2D eigenvalue weighted by Gasteiger charge is 2.25. The van der Waals surface area contributed by atoms with Gasteiger partial charge in [0, 0.05) is 37.3 Å². The fourth-order valence-corrected chi connectivity index (χ4v) is 4.12. The van der Waals surface area contributed by atoms with E-state index in [0.29, 0.717) is 24.2 Å². The van der Waals surface area contributed by atoms with Crippen molar-refractivity contribution < 1.29 is 4.79 Å². The molecule has 4 rings (SSSR count). The Morgan fingerprint density at radius 3 is 2.76 bits per heavy atom. The number of nitrogens with zero attached hydrogens (tertiary/aromatic N) is 5. The van der Waals surface area contributed by atoms with Crippen molar-refractivity contribution in [1.29, 1.82) is 0 Å². The zero-order chi connectivity index (χ0) is 17.2. The van der Waals surface area contributed by atoms with E-state index in [9.17, 15) is 4.79 Å². The van der Waals surface area contributed by atoms with E-state index in [1.165, 1.54) is 12.8 Å². The highest BCUT2D eigenvalue weighted by Crippen LogP contribution is 2.26. The molecular weight excluding hydrogens is 316 g/mol. The van der Waals surface area contributed by atoms with Crippen LogP contribution in [0.4, 0.5) is 5.82 Å². The smallest absolute Gasteiger partial charge is 0.254 e. The predicted molar refractivity (Wildman–Crippen MR) is 95.5 cm³/mol. The summed E-state index contributed by atoms with van der Waals surface area (Å²) in [7, 11) is 0. The summed E-state index contributed by atoms with van der Waals surface area (Å²) in [5.74, 6) is 2.41. The first-order valence-corrected chi connectivity index (χ1v) is 9.41. The lowest BCUT2D eigenvalue weighted by Gasteiger charge is -2.33. The van der Waals surface area contributed by atoms with Gasteiger partial charge in [0.15, 0.2) is 0 Å². The van der Waals surface area contributed by atoms with Crippen molar-refractivity contribution in [3.63, 3.8) is 0 Å². The van der Waals surface area contributed by atoms with Crippen LogP contribution in [0.3, 0.4) is 0 Å². The Balaban J connectivity index is 1.34. The maximum atomic E-state index is 12.2. The van der Waals surface area contributed by atoms with Crippen LogP contribution in [-0.2, 0) is 4.79 Å². The number of aromatic nitrogens is 4. The molecule has 1 aliphatic heterocycles. The average molecular weight is 342 g/mol. The van der Waals surface area contributed by atoms with E-state index in [-0.39, 0.29) is 5.91 Å². The van der Waals surface area contributed by atoms with E-state index in [1.807, 2.05) is 6.92 Å². The van der Waals surface area contributed by atoms with Gasteiger partial charge in [-0.05, 0) is 38.5 Å². The molecular formula is C18H26N6O. The predicted octanol–water partition coefficient (Wildman–Crippen LogP) is 2.10. The third-order valence-corrected chi connectivity index (χ3v) is 5.49. The van der Waals surface area contributed by atoms with Crippen LogP contribution >= 0.6 is 0 Å². The lowest BCUT2D eigenvalue weighted by Crippen LogP contribution is -2.38. The molecule has 0 radical (unpaired) electrons. The minimum absolute atomic E-state index is 0.240. The molecule has 134 valence electrons. The molecule has 0 aromatic carbocycles. The number of carbonyl (C=O) groups is 1. The molecule has 0 bridgehead atoms. The Labute approximate surface area is 147 Å². The fourth-order valence-electron chi connectivity index (χ4n) is 4.12. The van der Waals surface area contributed by atoms with Gasteiger partial charge in [0.1, 0.15) is 12.1 Å². The Bertz CT molecular complexity index is 743. The van der Waals surface area contributed by atoms with Gasteiger partial charge >= 0.3 is 0 Å². The monoisotopic (exact) mass is 342 g/mol. The van der Waals surface area contributed by atoms with E-state index in [0.717, 1.165) is 50.3 Å². The molecule has 1 amide bonds. The quantitative estimate of drug-likeness (QED) is 0.921. The standard InChI is InChI=1S/C18H26N6O/c1-13-10-17(24-18(21-13)19-12-20-24)23-8-6-14(7-9-23)11-16(25)22-15-4-2-3-5-15/h10,12,14-15H,2-9,11H2,1H3,(H,22,25). The van der Waals surface area contributed by atoms with Gasteiger partial charge in [0.25, 0.3) is 5.78 Å². The first kappa shape index (κ1) is 16.3. The minimum Gasteiger partial charge on any atom is -0.356 e. The fraction of sp³-hybridized carbons (Fsp3) is 0.667. The molecule has 25 heavy (non-hydrogen) atoms. The molecule has 0 atom stereocenters. The normalized spacial score (nSPS) is 19.6. The minimum atomic E-state index is 0.240. The Morgan fingerprint density at radius 1 is 1.24 bits per heavy atom. The van der Waals surface area contributed by atoms with Crippen LogP contribution in [0.15, 0.2) is 12.4 Å². The topological polar surface area (TPSA) is 75.4 Å². The van der Waals surface area contributed by atoms with Crippen LogP contribution in [0.25, 0.3) is 5.78 Å². The largest absolute Gasteiger partial charge is 0.356 e. The summed E-state index contributed by atoms with van der Waals surface area (Å²) in [5, 5.41) is 7.51. The second-order valence-electron chi connectivity index (χ2n) is 7.41. The molecule has 2 aromatic rings. The molecule has 0 unspecified atom stereocenters. The van der Waals surface area contributed by atoms with Crippen LogP contribution in [0.2, 0.25) is 0 Å². The molecule has 0 spiro atoms. The number of nitrogens with one attached hydrogen (secondary N) is 1. The van der Waals surface area contributed by atoms with Gasteiger partial charge in [-0.1, -0.05) is 12.8 Å². The van der Waals surface area contributed by atoms with Crippen LogP contribution in [0, 0.1) is 12.8 Å². The maximum Gasteiger partial charge on any atom is 0.254 e. The summed E-state index contributed by atoms with van der Waals surface area (Å²) in [5.41, 5.74) is 0.952. The van der Waals surface area contributed by atoms with Crippen LogP contribution in [-0.4, -0.2) is 44.6 Å². The molecule has 1 saturated heterocycles. The Morgan fingerprint density at radius 2 is 2.00 bits per heavy atom. The van der Waals surface area contributed by atoms with Crippen molar-refractivity contribution >= 4 is 17.5 Å². The molecule has 1 aliphatic carbocycles. The molecule has 3 heterocycles. The SMILES string of the molecule is Cc1cc(N2CCC(CC(=O)NC3CCCC3)CC2)n2ncnc2n1. The van der Waals surface area contributed by atoms with Gasteiger partial charge in [0.2, 0.25) is 5.91 Å². The zero-order valence-corrected chi connectivity index (χ0v) is 14.8.